The Hall–Kier alpha value is -1.05. The number of carbonyl (C=O) groups excluding carboxylic acids is 3. The summed E-state index contributed by atoms with van der Waals surface area (Å²) in [7, 11) is 0. The van der Waals surface area contributed by atoms with Crippen molar-refractivity contribution < 1.29 is 59.4 Å². The van der Waals surface area contributed by atoms with Crippen LogP contribution in [0.4, 0.5) is 0 Å². The Balaban J connectivity index is 0.00000342. The zero-order valence-corrected chi connectivity index (χ0v) is 24.2. The Morgan fingerprint density at radius 2 is 2.03 bits per heavy atom. The van der Waals surface area contributed by atoms with Crippen molar-refractivity contribution in [2.45, 2.75) is 26.5 Å². The molecular weight excluding hydrogens is 568 g/mol. The van der Waals surface area contributed by atoms with Gasteiger partial charge in [-0.3, -0.25) is 19.9 Å². The smallest absolute Gasteiger partial charge is 0.543 e. The van der Waals surface area contributed by atoms with Gasteiger partial charge < -0.3 is 25.5 Å². The van der Waals surface area contributed by atoms with Gasteiger partial charge in [0.15, 0.2) is 8.68 Å². The number of aliphatic hydroxyl groups excluding tert-OH is 1. The number of thiazole rings is 1. The van der Waals surface area contributed by atoms with Crippen LogP contribution in [0.25, 0.3) is 0 Å². The summed E-state index contributed by atoms with van der Waals surface area (Å²) in [5.41, 5.74) is 0.555. The van der Waals surface area contributed by atoms with Gasteiger partial charge in [-0.25, -0.2) is 0 Å². The number of β-lactam (4-membered cyclic amide) rings is 1. The molecule has 0 spiro atoms. The summed E-state index contributed by atoms with van der Waals surface area (Å²) in [5, 5.41) is 49.5. The maximum absolute atomic E-state index is 12.7. The number of nitrogens with one attached hydrogen (secondary N) is 2. The molecule has 2 atom stereocenters. The second-order valence-corrected chi connectivity index (χ2v) is 12.4. The molecule has 18 heteroatoms. The maximum Gasteiger partial charge on any atom is 1.00 e. The topological polar surface area (TPSA) is 185 Å². The monoisotopic (exact) mass is 584 g/mol. The molecule has 2 aromatic heterocycles. The van der Waals surface area contributed by atoms with Gasteiger partial charge in [-0.2, -0.15) is 4.73 Å². The molecule has 0 bridgehead atoms. The molecule has 0 radical (unpaired) electrons. The van der Waals surface area contributed by atoms with E-state index in [1.54, 1.807) is 0 Å². The third-order valence-corrected chi connectivity index (χ3v) is 10.1. The van der Waals surface area contributed by atoms with Gasteiger partial charge in [0.05, 0.1) is 30.4 Å². The standard InChI is InChI=1S/C17H18N6O6S5.Na/c18-15-23(29)8(6-32-15)3-9(25)19-10-12(26)22-11(14(27)28)7(4-31-13(10)22)5-33-17-21-20-16(34-17)30-2-1-24;/h6,10,13,18,24,29H,1-5H2,(H,19,25)(H,27,28);/q;+1/p-1/t10?,13-;/m0./s1. The summed E-state index contributed by atoms with van der Waals surface area (Å²) in [6.45, 7) is 0.0276. The molecule has 2 aliphatic heterocycles. The van der Waals surface area contributed by atoms with Crippen molar-refractivity contribution in [1.29, 1.82) is 5.41 Å². The van der Waals surface area contributed by atoms with Gasteiger partial charge in [0, 0.05) is 22.6 Å². The summed E-state index contributed by atoms with van der Waals surface area (Å²) in [5.74, 6) is -1.40. The SMILES string of the molecule is N=c1scc(CC(=O)NC2C(=O)N3C(C(=O)[O-])=C(CSc4nnc(SCCO)s4)CS[C@@H]23)n1O.[Na+]. The summed E-state index contributed by atoms with van der Waals surface area (Å²) >= 11 is 6.33. The number of aliphatic hydroxyl groups is 1. The number of amides is 2. The van der Waals surface area contributed by atoms with E-state index in [0.717, 1.165) is 16.2 Å². The number of carbonyl (C=O) groups is 3. The van der Waals surface area contributed by atoms with Crippen LogP contribution in [0.1, 0.15) is 5.69 Å². The Morgan fingerprint density at radius 1 is 1.31 bits per heavy atom. The first-order valence-corrected chi connectivity index (χ1v) is 14.3. The number of hydrogen-bond donors (Lipinski definition) is 4. The minimum absolute atomic E-state index is 0. The summed E-state index contributed by atoms with van der Waals surface area (Å²) in [6, 6.07) is -0.892. The van der Waals surface area contributed by atoms with Gasteiger partial charge in [-0.1, -0.05) is 34.9 Å². The summed E-state index contributed by atoms with van der Waals surface area (Å²) < 4.78 is 1.94. The van der Waals surface area contributed by atoms with Gasteiger partial charge in [-0.05, 0) is 5.57 Å². The van der Waals surface area contributed by atoms with E-state index in [2.05, 4.69) is 15.5 Å². The molecule has 1 fully saturated rings. The molecule has 4 N–H and O–H groups in total. The number of nitrogens with zero attached hydrogens (tertiary/aromatic N) is 4. The number of carboxylic acid groups (broad SMARTS) is 1. The molecule has 0 aromatic carbocycles. The number of fused-ring (bicyclic) bond motifs is 1. The molecular formula is C17H17N6NaO6S5. The van der Waals surface area contributed by atoms with Crippen LogP contribution in [0.2, 0.25) is 0 Å². The van der Waals surface area contributed by atoms with Crippen molar-refractivity contribution in [3.8, 4) is 0 Å². The van der Waals surface area contributed by atoms with Gasteiger partial charge in [-0.15, -0.1) is 33.3 Å². The summed E-state index contributed by atoms with van der Waals surface area (Å²) in [4.78, 5) is 38.0. The second-order valence-electron chi connectivity index (χ2n) is 6.91. The van der Waals surface area contributed by atoms with E-state index in [9.17, 15) is 24.7 Å². The van der Waals surface area contributed by atoms with Gasteiger partial charge in [0.2, 0.25) is 10.7 Å². The fourth-order valence-corrected chi connectivity index (χ4v) is 8.20. The zero-order valence-electron chi connectivity index (χ0n) is 18.1. The number of thioether (sulfide) groups is 3. The fraction of sp³-hybridized carbons (Fsp3) is 0.412. The van der Waals surface area contributed by atoms with Crippen LogP contribution in [-0.4, -0.2) is 83.2 Å². The molecule has 0 saturated carbocycles. The Labute approximate surface area is 241 Å². The number of carboxylic acids is 1. The van der Waals surface area contributed by atoms with Crippen molar-refractivity contribution in [2.24, 2.45) is 0 Å². The van der Waals surface area contributed by atoms with Crippen molar-refractivity contribution in [3.05, 3.63) is 27.1 Å². The minimum Gasteiger partial charge on any atom is -0.543 e. The molecule has 2 aromatic rings. The number of aliphatic carboxylic acids is 1. The second kappa shape index (κ2) is 12.5. The molecule has 4 heterocycles. The van der Waals surface area contributed by atoms with Gasteiger partial charge >= 0.3 is 29.6 Å². The van der Waals surface area contributed by atoms with E-state index >= 15 is 0 Å². The first-order valence-electron chi connectivity index (χ1n) is 9.60. The molecule has 4 rings (SSSR count). The number of rotatable bonds is 10. The van der Waals surface area contributed by atoms with Crippen LogP contribution < -0.4 is 44.8 Å². The average Bonchev–Trinajstić information content (AvgIpc) is 3.40. The van der Waals surface area contributed by atoms with Crippen LogP contribution in [0.3, 0.4) is 0 Å². The Morgan fingerprint density at radius 3 is 2.66 bits per heavy atom. The van der Waals surface area contributed by atoms with Crippen molar-refractivity contribution in [3.63, 3.8) is 0 Å². The predicted molar refractivity (Wildman–Crippen MR) is 125 cm³/mol. The molecule has 12 nitrogen and oxygen atoms in total. The zero-order chi connectivity index (χ0) is 24.4. The molecule has 2 aliphatic rings. The third-order valence-electron chi connectivity index (χ3n) is 4.74. The van der Waals surface area contributed by atoms with E-state index in [1.165, 1.54) is 52.0 Å². The van der Waals surface area contributed by atoms with Crippen LogP contribution in [0.5, 0.6) is 0 Å². The molecule has 2 amide bonds. The molecule has 0 aliphatic carbocycles. The quantitative estimate of drug-likeness (QED) is 0.0922. The first-order chi connectivity index (χ1) is 16.3. The van der Waals surface area contributed by atoms with Crippen LogP contribution in [0.15, 0.2) is 25.3 Å². The Bertz CT molecular complexity index is 1210. The van der Waals surface area contributed by atoms with Gasteiger partial charge in [0.25, 0.3) is 5.91 Å². The summed E-state index contributed by atoms with van der Waals surface area (Å²) in [6.07, 6.45) is -0.224. The fourth-order valence-electron chi connectivity index (χ4n) is 3.24. The third kappa shape index (κ3) is 6.27. The van der Waals surface area contributed by atoms with E-state index in [-0.39, 0.29) is 64.5 Å². The first kappa shape index (κ1) is 28.5. The number of aromatic nitrogens is 3. The van der Waals surface area contributed by atoms with E-state index in [4.69, 9.17) is 10.5 Å². The minimum atomic E-state index is -1.46. The molecule has 1 unspecified atom stereocenters. The Kier molecular flexibility index (Phi) is 10.2. The maximum atomic E-state index is 12.7. The predicted octanol–water partition coefficient (Wildman–Crippen LogP) is -4.06. The van der Waals surface area contributed by atoms with Crippen molar-refractivity contribution >= 4 is 75.7 Å². The van der Waals surface area contributed by atoms with Crippen molar-refractivity contribution in [2.75, 3.05) is 23.9 Å². The largest absolute Gasteiger partial charge is 1.00 e. The van der Waals surface area contributed by atoms with Crippen molar-refractivity contribution in [1.82, 2.24) is 25.1 Å². The molecule has 1 saturated heterocycles. The normalized spacial score (nSPS) is 19.1. The van der Waals surface area contributed by atoms with Crippen LogP contribution in [-0.2, 0) is 20.8 Å². The number of hydrogen-bond acceptors (Lipinski definition) is 14. The van der Waals surface area contributed by atoms with Crippen LogP contribution >= 0.6 is 58.0 Å². The average molecular weight is 585 g/mol. The van der Waals surface area contributed by atoms with E-state index in [0.29, 0.717) is 30.5 Å². The van der Waals surface area contributed by atoms with Gasteiger partial charge in [0.1, 0.15) is 11.4 Å². The van der Waals surface area contributed by atoms with Crippen LogP contribution in [0, 0.1) is 5.41 Å². The molecule has 35 heavy (non-hydrogen) atoms. The van der Waals surface area contributed by atoms with E-state index < -0.39 is 29.2 Å². The molecule has 182 valence electrons. The van der Waals surface area contributed by atoms with E-state index in [1.807, 2.05) is 0 Å².